The van der Waals surface area contributed by atoms with Gasteiger partial charge in [-0.15, -0.1) is 0 Å². The van der Waals surface area contributed by atoms with Gasteiger partial charge in [0.1, 0.15) is 10.6 Å². The molecule has 0 aromatic heterocycles. The standard InChI is InChI=1S/C20H17N3O7S2/c1-15-5-9-19(10-6-15)31(26,27)22-21-14-16-3-2-4-18(13-16)30-32(28,29)20-11-7-17(8-12-20)23(24)25/h2-14,22H,1H3/b21-14+. The van der Waals surface area contributed by atoms with E-state index in [0.29, 0.717) is 5.56 Å². The molecule has 0 heterocycles. The molecule has 0 saturated heterocycles. The SMILES string of the molecule is Cc1ccc(S(=O)(=O)N/N=C/c2cccc(OS(=O)(=O)c3ccc([N+](=O)[O-])cc3)c2)cc1. The lowest BCUT2D eigenvalue weighted by Crippen LogP contribution is -2.18. The lowest BCUT2D eigenvalue weighted by atomic mass is 10.2. The topological polar surface area (TPSA) is 145 Å². The predicted molar refractivity (Wildman–Crippen MR) is 116 cm³/mol. The third-order valence-corrected chi connectivity index (χ3v) is 6.62. The molecule has 0 atom stereocenters. The van der Waals surface area contributed by atoms with E-state index in [2.05, 4.69) is 9.93 Å². The van der Waals surface area contributed by atoms with Gasteiger partial charge in [0.2, 0.25) is 0 Å². The summed E-state index contributed by atoms with van der Waals surface area (Å²) < 4.78 is 54.3. The second-order valence-electron chi connectivity index (χ2n) is 6.53. The number of nitro benzene ring substituents is 1. The van der Waals surface area contributed by atoms with E-state index in [4.69, 9.17) is 4.18 Å². The molecule has 0 radical (unpaired) electrons. The van der Waals surface area contributed by atoms with Gasteiger partial charge in [0.05, 0.1) is 16.0 Å². The third kappa shape index (κ3) is 5.68. The maximum atomic E-state index is 12.4. The predicted octanol–water partition coefficient (Wildman–Crippen LogP) is 2.98. The summed E-state index contributed by atoms with van der Waals surface area (Å²) in [6.45, 7) is 1.83. The number of hydrazone groups is 1. The Morgan fingerprint density at radius 2 is 1.56 bits per heavy atom. The molecule has 0 fully saturated rings. The van der Waals surface area contributed by atoms with Crippen LogP contribution in [0.15, 0.2) is 87.7 Å². The highest BCUT2D eigenvalue weighted by atomic mass is 32.2. The number of nitrogens with zero attached hydrogens (tertiary/aromatic N) is 2. The third-order valence-electron chi connectivity index (χ3n) is 4.12. The summed E-state index contributed by atoms with van der Waals surface area (Å²) in [5, 5.41) is 14.4. The van der Waals surface area contributed by atoms with Crippen LogP contribution in [0.25, 0.3) is 0 Å². The highest BCUT2D eigenvalue weighted by molar-refractivity contribution is 7.89. The average Bonchev–Trinajstić information content (AvgIpc) is 2.74. The number of hydrogen-bond acceptors (Lipinski definition) is 8. The van der Waals surface area contributed by atoms with Crippen molar-refractivity contribution in [2.24, 2.45) is 5.10 Å². The first kappa shape index (κ1) is 22.9. The molecule has 0 aliphatic heterocycles. The molecule has 0 aliphatic rings. The minimum Gasteiger partial charge on any atom is -0.379 e. The van der Waals surface area contributed by atoms with Gasteiger partial charge in [-0.25, -0.2) is 4.83 Å². The number of nitro groups is 1. The zero-order chi connectivity index (χ0) is 23.4. The van der Waals surface area contributed by atoms with Crippen molar-refractivity contribution < 1.29 is 25.9 Å². The van der Waals surface area contributed by atoms with Crippen LogP contribution in [-0.2, 0) is 20.1 Å². The maximum absolute atomic E-state index is 12.4. The first-order chi connectivity index (χ1) is 15.1. The summed E-state index contributed by atoms with van der Waals surface area (Å²) in [6.07, 6.45) is 1.19. The molecule has 0 spiro atoms. The van der Waals surface area contributed by atoms with Crippen LogP contribution in [0.5, 0.6) is 5.75 Å². The van der Waals surface area contributed by atoms with Crippen LogP contribution in [0.2, 0.25) is 0 Å². The second-order valence-corrected chi connectivity index (χ2v) is 9.73. The smallest absolute Gasteiger partial charge is 0.339 e. The zero-order valence-corrected chi connectivity index (χ0v) is 18.2. The summed E-state index contributed by atoms with van der Waals surface area (Å²) in [4.78, 5) is 11.9. The van der Waals surface area contributed by atoms with Crippen LogP contribution in [0.3, 0.4) is 0 Å². The van der Waals surface area contributed by atoms with E-state index in [-0.39, 0.29) is 21.2 Å². The van der Waals surface area contributed by atoms with E-state index in [1.165, 1.54) is 36.5 Å². The molecule has 3 rings (SSSR count). The fourth-order valence-electron chi connectivity index (χ4n) is 2.50. The van der Waals surface area contributed by atoms with Crippen LogP contribution >= 0.6 is 0 Å². The Balaban J connectivity index is 1.72. The molecule has 0 aliphatic carbocycles. The number of nitrogens with one attached hydrogen (secondary N) is 1. The number of benzene rings is 3. The lowest BCUT2D eigenvalue weighted by Gasteiger charge is -2.07. The molecular weight excluding hydrogens is 458 g/mol. The van der Waals surface area contributed by atoms with Crippen molar-refractivity contribution in [1.82, 2.24) is 4.83 Å². The quantitative estimate of drug-likeness (QED) is 0.228. The molecule has 12 heteroatoms. The summed E-state index contributed by atoms with van der Waals surface area (Å²) >= 11 is 0. The normalized spacial score (nSPS) is 11.9. The van der Waals surface area contributed by atoms with Crippen molar-refractivity contribution >= 4 is 32.0 Å². The minimum absolute atomic E-state index is 0.0475. The van der Waals surface area contributed by atoms with Crippen molar-refractivity contribution in [3.05, 3.63) is 94.0 Å². The number of aryl methyl sites for hydroxylation is 1. The lowest BCUT2D eigenvalue weighted by molar-refractivity contribution is -0.384. The largest absolute Gasteiger partial charge is 0.379 e. The van der Waals surface area contributed by atoms with E-state index in [1.54, 1.807) is 18.2 Å². The van der Waals surface area contributed by atoms with E-state index in [0.717, 1.165) is 29.8 Å². The molecule has 3 aromatic rings. The Labute approximate surface area is 184 Å². The van der Waals surface area contributed by atoms with E-state index in [1.807, 2.05) is 6.92 Å². The Kier molecular flexibility index (Phi) is 6.55. The highest BCUT2D eigenvalue weighted by Gasteiger charge is 2.18. The van der Waals surface area contributed by atoms with Crippen LogP contribution in [0.1, 0.15) is 11.1 Å². The van der Waals surface area contributed by atoms with E-state index >= 15 is 0 Å². The second kappa shape index (κ2) is 9.16. The van der Waals surface area contributed by atoms with E-state index in [9.17, 15) is 26.9 Å². The van der Waals surface area contributed by atoms with E-state index < -0.39 is 25.1 Å². The number of rotatable bonds is 8. The fraction of sp³-hybridized carbons (Fsp3) is 0.0500. The number of non-ortho nitro benzene ring substituents is 1. The maximum Gasteiger partial charge on any atom is 0.339 e. The van der Waals surface area contributed by atoms with Gasteiger partial charge in [-0.2, -0.15) is 21.9 Å². The molecule has 1 N–H and O–H groups in total. The fourth-order valence-corrected chi connectivity index (χ4v) is 4.21. The molecule has 32 heavy (non-hydrogen) atoms. The van der Waals surface area contributed by atoms with Gasteiger partial charge in [0, 0.05) is 12.1 Å². The molecular formula is C20H17N3O7S2. The summed E-state index contributed by atoms with van der Waals surface area (Å²) in [7, 11) is -8.09. The molecule has 0 bridgehead atoms. The molecule has 0 unspecified atom stereocenters. The molecule has 0 saturated carbocycles. The number of hydrogen-bond donors (Lipinski definition) is 1. The van der Waals surface area contributed by atoms with Crippen molar-refractivity contribution in [1.29, 1.82) is 0 Å². The first-order valence-electron chi connectivity index (χ1n) is 8.97. The summed E-state index contributed by atoms with van der Waals surface area (Å²) in [5.74, 6) is -0.0475. The molecule has 10 nitrogen and oxygen atoms in total. The van der Waals surface area contributed by atoms with Crippen LogP contribution in [0, 0.1) is 17.0 Å². The van der Waals surface area contributed by atoms with Crippen molar-refractivity contribution in [3.8, 4) is 5.75 Å². The van der Waals surface area contributed by atoms with Crippen LogP contribution in [0.4, 0.5) is 5.69 Å². The Bertz CT molecular complexity index is 1370. The van der Waals surface area contributed by atoms with Crippen molar-refractivity contribution in [2.45, 2.75) is 16.7 Å². The van der Waals surface area contributed by atoms with Gasteiger partial charge in [0.15, 0.2) is 0 Å². The number of sulfonamides is 1. The van der Waals surface area contributed by atoms with Gasteiger partial charge < -0.3 is 4.18 Å². The monoisotopic (exact) mass is 475 g/mol. The van der Waals surface area contributed by atoms with Crippen molar-refractivity contribution in [3.63, 3.8) is 0 Å². The van der Waals surface area contributed by atoms with Gasteiger partial charge in [-0.3, -0.25) is 10.1 Å². The van der Waals surface area contributed by atoms with Crippen LogP contribution < -0.4 is 9.01 Å². The first-order valence-corrected chi connectivity index (χ1v) is 11.9. The zero-order valence-electron chi connectivity index (χ0n) is 16.6. The summed E-state index contributed by atoms with van der Waals surface area (Å²) in [5.41, 5.74) is 1.02. The molecule has 166 valence electrons. The van der Waals surface area contributed by atoms with Gasteiger partial charge >= 0.3 is 10.1 Å². The van der Waals surface area contributed by atoms with Gasteiger partial charge in [0.25, 0.3) is 15.7 Å². The Hall–Kier alpha value is -3.77. The van der Waals surface area contributed by atoms with Gasteiger partial charge in [-0.05, 0) is 48.9 Å². The summed E-state index contributed by atoms with van der Waals surface area (Å²) in [6, 6.07) is 16.2. The Morgan fingerprint density at radius 3 is 2.19 bits per heavy atom. The molecule has 3 aromatic carbocycles. The van der Waals surface area contributed by atoms with Gasteiger partial charge in [-0.1, -0.05) is 29.8 Å². The minimum atomic E-state index is -4.23. The average molecular weight is 476 g/mol. The highest BCUT2D eigenvalue weighted by Crippen LogP contribution is 2.21. The molecule has 0 amide bonds. The van der Waals surface area contributed by atoms with Crippen molar-refractivity contribution in [2.75, 3.05) is 0 Å². The van der Waals surface area contributed by atoms with Crippen LogP contribution in [-0.4, -0.2) is 28.0 Å². The Morgan fingerprint density at radius 1 is 0.938 bits per heavy atom.